The number of ether oxygens (including phenoxy) is 1. The van der Waals surface area contributed by atoms with Gasteiger partial charge in [0.1, 0.15) is 11.6 Å². The van der Waals surface area contributed by atoms with Gasteiger partial charge in [-0.25, -0.2) is 4.39 Å². The maximum atomic E-state index is 13.5. The number of primary amides is 1. The predicted molar refractivity (Wildman–Crippen MR) is 88.6 cm³/mol. The van der Waals surface area contributed by atoms with Gasteiger partial charge in [-0.2, -0.15) is 0 Å². The van der Waals surface area contributed by atoms with Crippen molar-refractivity contribution in [1.29, 1.82) is 0 Å². The zero-order valence-corrected chi connectivity index (χ0v) is 13.5. The van der Waals surface area contributed by atoms with Crippen molar-refractivity contribution in [3.05, 3.63) is 70.0 Å². The number of rotatable bonds is 6. The topological polar surface area (TPSA) is 69.4 Å². The Balaban J connectivity index is 2.26. The van der Waals surface area contributed by atoms with Crippen molar-refractivity contribution in [1.82, 2.24) is 0 Å². The van der Waals surface area contributed by atoms with Gasteiger partial charge in [0.2, 0.25) is 0 Å². The first-order valence-electron chi connectivity index (χ1n) is 6.65. The van der Waals surface area contributed by atoms with Crippen LogP contribution in [0.2, 0.25) is 0 Å². The van der Waals surface area contributed by atoms with Gasteiger partial charge in [0.25, 0.3) is 5.91 Å². The highest BCUT2D eigenvalue weighted by atomic mass is 79.9. The molecule has 2 rings (SSSR count). The Morgan fingerprint density at radius 2 is 1.96 bits per heavy atom. The number of halogens is 2. The van der Waals surface area contributed by atoms with E-state index in [2.05, 4.69) is 15.9 Å². The second kappa shape index (κ2) is 7.69. The smallest absolute Gasteiger partial charge is 0.255 e. The lowest BCUT2D eigenvalue weighted by Gasteiger charge is -2.08. The first-order chi connectivity index (χ1) is 11.0. The van der Waals surface area contributed by atoms with E-state index < -0.39 is 11.7 Å². The van der Waals surface area contributed by atoms with Gasteiger partial charge < -0.3 is 10.5 Å². The molecule has 23 heavy (non-hydrogen) atoms. The van der Waals surface area contributed by atoms with E-state index >= 15 is 0 Å². The van der Waals surface area contributed by atoms with E-state index in [4.69, 9.17) is 10.5 Å². The zero-order valence-electron chi connectivity index (χ0n) is 12.0. The second-order valence-corrected chi connectivity index (χ2v) is 5.53. The Bertz CT molecular complexity index is 774. The van der Waals surface area contributed by atoms with Crippen LogP contribution in [0.15, 0.2) is 53.0 Å². The summed E-state index contributed by atoms with van der Waals surface area (Å²) < 4.78 is 19.4. The summed E-state index contributed by atoms with van der Waals surface area (Å²) in [6.07, 6.45) is 2.63. The predicted octanol–water partition coefficient (Wildman–Crippen LogP) is 3.35. The minimum absolute atomic E-state index is 0.232. The first-order valence-corrected chi connectivity index (χ1v) is 7.44. The number of carbonyl (C=O) groups excluding carboxylic acids is 2. The molecule has 4 nitrogen and oxygen atoms in total. The van der Waals surface area contributed by atoms with Gasteiger partial charge >= 0.3 is 0 Å². The maximum absolute atomic E-state index is 13.5. The SMILES string of the molecule is NC(=O)COc1ccc(Br)cc1C(=O)/C=C/c1ccccc1F. The molecular formula is C17H13BrFNO3. The number of allylic oxidation sites excluding steroid dienone is 1. The highest BCUT2D eigenvalue weighted by Crippen LogP contribution is 2.24. The molecule has 0 atom stereocenters. The normalized spacial score (nSPS) is 10.7. The van der Waals surface area contributed by atoms with Crippen LogP contribution in [0.3, 0.4) is 0 Å². The molecule has 0 saturated heterocycles. The number of carbonyl (C=O) groups is 2. The summed E-state index contributed by atoms with van der Waals surface area (Å²) in [5, 5.41) is 0. The van der Waals surface area contributed by atoms with Crippen molar-refractivity contribution < 1.29 is 18.7 Å². The van der Waals surface area contributed by atoms with Crippen molar-refractivity contribution in [2.75, 3.05) is 6.61 Å². The van der Waals surface area contributed by atoms with Gasteiger partial charge in [-0.1, -0.05) is 34.1 Å². The molecule has 0 aliphatic carbocycles. The molecule has 0 aliphatic rings. The Morgan fingerprint density at radius 3 is 2.65 bits per heavy atom. The summed E-state index contributed by atoms with van der Waals surface area (Å²) in [5.41, 5.74) is 5.58. The number of ketones is 1. The third kappa shape index (κ3) is 4.75. The highest BCUT2D eigenvalue weighted by Gasteiger charge is 2.12. The second-order valence-electron chi connectivity index (χ2n) is 4.61. The van der Waals surface area contributed by atoms with Crippen LogP contribution in [0.25, 0.3) is 6.08 Å². The van der Waals surface area contributed by atoms with Crippen LogP contribution in [0.1, 0.15) is 15.9 Å². The van der Waals surface area contributed by atoms with Crippen LogP contribution in [-0.4, -0.2) is 18.3 Å². The van der Waals surface area contributed by atoms with Gasteiger partial charge in [-0.3, -0.25) is 9.59 Å². The molecule has 0 fully saturated rings. The van der Waals surface area contributed by atoms with Crippen LogP contribution in [0.5, 0.6) is 5.75 Å². The van der Waals surface area contributed by atoms with E-state index in [-0.39, 0.29) is 23.7 Å². The molecular weight excluding hydrogens is 365 g/mol. The van der Waals surface area contributed by atoms with Crippen molar-refractivity contribution in [2.45, 2.75) is 0 Å². The number of hydrogen-bond acceptors (Lipinski definition) is 3. The minimum Gasteiger partial charge on any atom is -0.483 e. The molecule has 1 amide bonds. The number of nitrogens with two attached hydrogens (primary N) is 1. The monoisotopic (exact) mass is 377 g/mol. The Kier molecular flexibility index (Phi) is 5.65. The van der Waals surface area contributed by atoms with Crippen molar-refractivity contribution in [3.63, 3.8) is 0 Å². The number of amides is 1. The molecule has 2 aromatic rings. The summed E-state index contributed by atoms with van der Waals surface area (Å²) in [6.45, 7) is -0.334. The third-order valence-electron chi connectivity index (χ3n) is 2.90. The lowest BCUT2D eigenvalue weighted by molar-refractivity contribution is -0.119. The number of hydrogen-bond donors (Lipinski definition) is 1. The molecule has 0 bridgehead atoms. The molecule has 2 N–H and O–H groups in total. The molecule has 0 heterocycles. The van der Waals surface area contributed by atoms with Gasteiger partial charge in [0.15, 0.2) is 12.4 Å². The lowest BCUT2D eigenvalue weighted by atomic mass is 10.1. The van der Waals surface area contributed by atoms with E-state index in [1.165, 1.54) is 18.2 Å². The van der Waals surface area contributed by atoms with Gasteiger partial charge in [-0.15, -0.1) is 0 Å². The van der Waals surface area contributed by atoms with Gasteiger partial charge in [0, 0.05) is 10.0 Å². The maximum Gasteiger partial charge on any atom is 0.255 e. The van der Waals surface area contributed by atoms with Crippen LogP contribution in [0, 0.1) is 5.82 Å². The quantitative estimate of drug-likeness (QED) is 0.619. The van der Waals surface area contributed by atoms with E-state index in [0.29, 0.717) is 10.0 Å². The Hall–Kier alpha value is -2.47. The summed E-state index contributed by atoms with van der Waals surface area (Å²) in [5.74, 6) is -1.21. The zero-order chi connectivity index (χ0) is 16.8. The average Bonchev–Trinajstić information content (AvgIpc) is 2.52. The van der Waals surface area contributed by atoms with Crippen LogP contribution in [-0.2, 0) is 4.79 Å². The van der Waals surface area contributed by atoms with Crippen molar-refractivity contribution in [2.24, 2.45) is 5.73 Å². The van der Waals surface area contributed by atoms with Gasteiger partial charge in [0.05, 0.1) is 5.56 Å². The standard InChI is InChI=1S/C17H13BrFNO3/c18-12-6-8-16(23-10-17(20)22)13(9-12)15(21)7-5-11-3-1-2-4-14(11)19/h1-9H,10H2,(H2,20,22)/b7-5+. The fourth-order valence-corrected chi connectivity index (χ4v) is 2.20. The fourth-order valence-electron chi connectivity index (χ4n) is 1.84. The van der Waals surface area contributed by atoms with Crippen LogP contribution in [0.4, 0.5) is 4.39 Å². The Morgan fingerprint density at radius 1 is 1.22 bits per heavy atom. The molecule has 0 radical (unpaired) electrons. The van der Waals surface area contributed by atoms with E-state index in [0.717, 1.165) is 0 Å². The largest absolute Gasteiger partial charge is 0.483 e. The number of benzene rings is 2. The van der Waals surface area contributed by atoms with Gasteiger partial charge in [-0.05, 0) is 36.4 Å². The van der Waals surface area contributed by atoms with E-state index in [1.807, 2.05) is 0 Å². The average molecular weight is 378 g/mol. The van der Waals surface area contributed by atoms with Crippen molar-refractivity contribution >= 4 is 33.7 Å². The van der Waals surface area contributed by atoms with E-state index in [9.17, 15) is 14.0 Å². The lowest BCUT2D eigenvalue weighted by Crippen LogP contribution is -2.20. The van der Waals surface area contributed by atoms with Crippen LogP contribution >= 0.6 is 15.9 Å². The first kappa shape index (κ1) is 16.9. The van der Waals surface area contributed by atoms with E-state index in [1.54, 1.807) is 36.4 Å². The summed E-state index contributed by atoms with van der Waals surface area (Å²) in [4.78, 5) is 23.1. The molecule has 6 heteroatoms. The van der Waals surface area contributed by atoms with Crippen LogP contribution < -0.4 is 10.5 Å². The third-order valence-corrected chi connectivity index (χ3v) is 3.39. The highest BCUT2D eigenvalue weighted by molar-refractivity contribution is 9.10. The fraction of sp³-hybridized carbons (Fsp3) is 0.0588. The molecule has 0 unspecified atom stereocenters. The minimum atomic E-state index is -0.645. The molecule has 0 aromatic heterocycles. The molecule has 2 aromatic carbocycles. The molecule has 118 valence electrons. The summed E-state index contributed by atoms with van der Waals surface area (Å²) >= 11 is 3.27. The summed E-state index contributed by atoms with van der Waals surface area (Å²) in [7, 11) is 0. The molecule has 0 aliphatic heterocycles. The Labute approximate surface area is 140 Å². The molecule has 0 saturated carbocycles. The molecule has 0 spiro atoms. The summed E-state index contributed by atoms with van der Waals surface area (Å²) in [6, 6.07) is 10.9. The van der Waals surface area contributed by atoms with Crippen molar-refractivity contribution in [3.8, 4) is 5.75 Å².